The molecule has 15 heavy (non-hydrogen) atoms. The lowest BCUT2D eigenvalue weighted by Gasteiger charge is -2.12. The maximum absolute atomic E-state index is 5.67. The first kappa shape index (κ1) is 10.1. The largest absolute Gasteiger partial charge is 0.491 e. The minimum Gasteiger partial charge on any atom is -0.491 e. The van der Waals surface area contributed by atoms with E-state index in [1.54, 1.807) is 12.1 Å². The summed E-state index contributed by atoms with van der Waals surface area (Å²) in [4.78, 5) is 0. The van der Waals surface area contributed by atoms with Gasteiger partial charge in [0.25, 0.3) is 0 Å². The van der Waals surface area contributed by atoms with Gasteiger partial charge in [-0.1, -0.05) is 0 Å². The summed E-state index contributed by atoms with van der Waals surface area (Å²) in [5.41, 5.74) is 12.4. The Bertz CT molecular complexity index is 335. The second-order valence-electron chi connectivity index (χ2n) is 3.74. The van der Waals surface area contributed by atoms with Crippen molar-refractivity contribution in [1.82, 2.24) is 0 Å². The van der Waals surface area contributed by atoms with Gasteiger partial charge in [0.05, 0.1) is 17.5 Å². The van der Waals surface area contributed by atoms with Crippen LogP contribution in [-0.4, -0.2) is 19.3 Å². The molecule has 82 valence electrons. The van der Waals surface area contributed by atoms with Crippen molar-refractivity contribution in [3.05, 3.63) is 18.2 Å². The summed E-state index contributed by atoms with van der Waals surface area (Å²) in [6, 6.07) is 5.31. The minimum atomic E-state index is 0.226. The Morgan fingerprint density at radius 2 is 2.20 bits per heavy atom. The van der Waals surface area contributed by atoms with Crippen molar-refractivity contribution in [3.8, 4) is 5.75 Å². The molecule has 1 saturated heterocycles. The maximum atomic E-state index is 5.67. The van der Waals surface area contributed by atoms with Gasteiger partial charge >= 0.3 is 0 Å². The average molecular weight is 208 g/mol. The number of ether oxygens (including phenoxy) is 2. The molecule has 4 nitrogen and oxygen atoms in total. The fraction of sp³-hybridized carbons (Fsp3) is 0.455. The van der Waals surface area contributed by atoms with E-state index in [0.29, 0.717) is 18.0 Å². The van der Waals surface area contributed by atoms with Crippen LogP contribution in [0.25, 0.3) is 0 Å². The van der Waals surface area contributed by atoms with Crippen LogP contribution in [0, 0.1) is 0 Å². The molecule has 1 aromatic rings. The van der Waals surface area contributed by atoms with Crippen LogP contribution in [0.4, 0.5) is 11.4 Å². The standard InChI is InChI=1S/C11H16N2O2/c12-10-4-3-8(6-11(10)13)15-7-9-2-1-5-14-9/h3-4,6,9H,1-2,5,7,12-13H2. The zero-order valence-electron chi connectivity index (χ0n) is 8.61. The minimum absolute atomic E-state index is 0.226. The Morgan fingerprint density at radius 3 is 2.87 bits per heavy atom. The van der Waals surface area contributed by atoms with E-state index in [0.717, 1.165) is 25.2 Å². The zero-order valence-corrected chi connectivity index (χ0v) is 8.61. The number of hydrogen-bond donors (Lipinski definition) is 2. The predicted octanol–water partition coefficient (Wildman–Crippen LogP) is 1.41. The summed E-state index contributed by atoms with van der Waals surface area (Å²) in [6.45, 7) is 1.43. The number of hydrogen-bond acceptors (Lipinski definition) is 4. The van der Waals surface area contributed by atoms with Crippen LogP contribution >= 0.6 is 0 Å². The number of rotatable bonds is 3. The van der Waals surface area contributed by atoms with Crippen molar-refractivity contribution in [1.29, 1.82) is 0 Å². The third-order valence-corrected chi connectivity index (χ3v) is 2.52. The lowest BCUT2D eigenvalue weighted by molar-refractivity contribution is 0.0680. The molecule has 1 fully saturated rings. The molecule has 0 amide bonds. The molecular weight excluding hydrogens is 192 g/mol. The molecular formula is C11H16N2O2. The molecule has 0 bridgehead atoms. The van der Waals surface area contributed by atoms with E-state index in [-0.39, 0.29) is 6.10 Å². The third kappa shape index (κ3) is 2.53. The van der Waals surface area contributed by atoms with E-state index in [4.69, 9.17) is 20.9 Å². The Morgan fingerprint density at radius 1 is 1.33 bits per heavy atom. The first-order chi connectivity index (χ1) is 7.25. The van der Waals surface area contributed by atoms with Crippen LogP contribution in [0.1, 0.15) is 12.8 Å². The van der Waals surface area contributed by atoms with Gasteiger partial charge in [-0.15, -0.1) is 0 Å². The number of benzene rings is 1. The monoisotopic (exact) mass is 208 g/mol. The van der Waals surface area contributed by atoms with E-state index in [1.807, 2.05) is 6.07 Å². The molecule has 0 saturated carbocycles. The molecule has 4 heteroatoms. The molecule has 0 aliphatic carbocycles. The second-order valence-corrected chi connectivity index (χ2v) is 3.74. The van der Waals surface area contributed by atoms with Gasteiger partial charge in [0.2, 0.25) is 0 Å². The summed E-state index contributed by atoms with van der Waals surface area (Å²) in [5.74, 6) is 0.747. The molecule has 1 atom stereocenters. The quantitative estimate of drug-likeness (QED) is 0.737. The fourth-order valence-electron chi connectivity index (χ4n) is 1.61. The Hall–Kier alpha value is -1.42. The highest BCUT2D eigenvalue weighted by atomic mass is 16.5. The molecule has 0 aromatic heterocycles. The summed E-state index contributed by atoms with van der Waals surface area (Å²) >= 11 is 0. The normalized spacial score (nSPS) is 20.4. The van der Waals surface area contributed by atoms with Gasteiger partial charge in [0.15, 0.2) is 0 Å². The average Bonchev–Trinajstić information content (AvgIpc) is 2.73. The van der Waals surface area contributed by atoms with E-state index >= 15 is 0 Å². The van der Waals surface area contributed by atoms with Crippen LogP contribution in [0.2, 0.25) is 0 Å². The van der Waals surface area contributed by atoms with Gasteiger partial charge < -0.3 is 20.9 Å². The molecule has 1 aliphatic rings. The van der Waals surface area contributed by atoms with Gasteiger partial charge in [0, 0.05) is 12.7 Å². The smallest absolute Gasteiger partial charge is 0.121 e. The van der Waals surface area contributed by atoms with Crippen molar-refractivity contribution in [3.63, 3.8) is 0 Å². The topological polar surface area (TPSA) is 70.5 Å². The number of anilines is 2. The van der Waals surface area contributed by atoms with Crippen LogP contribution in [-0.2, 0) is 4.74 Å². The highest BCUT2D eigenvalue weighted by molar-refractivity contribution is 5.65. The lowest BCUT2D eigenvalue weighted by atomic mass is 10.2. The molecule has 1 unspecified atom stereocenters. The summed E-state index contributed by atoms with van der Waals surface area (Å²) in [5, 5.41) is 0. The van der Waals surface area contributed by atoms with Crippen molar-refractivity contribution in [2.24, 2.45) is 0 Å². The van der Waals surface area contributed by atoms with Crippen LogP contribution < -0.4 is 16.2 Å². The summed E-state index contributed by atoms with van der Waals surface area (Å²) in [7, 11) is 0. The molecule has 2 rings (SSSR count). The van der Waals surface area contributed by atoms with Crippen molar-refractivity contribution >= 4 is 11.4 Å². The van der Waals surface area contributed by atoms with E-state index in [1.165, 1.54) is 0 Å². The lowest BCUT2D eigenvalue weighted by Crippen LogP contribution is -2.16. The van der Waals surface area contributed by atoms with Crippen molar-refractivity contribution in [2.75, 3.05) is 24.7 Å². The van der Waals surface area contributed by atoms with Gasteiger partial charge in [-0.2, -0.15) is 0 Å². The number of nitrogen functional groups attached to an aromatic ring is 2. The summed E-state index contributed by atoms with van der Waals surface area (Å²) in [6.07, 6.45) is 2.42. The Balaban J connectivity index is 1.90. The summed E-state index contributed by atoms with van der Waals surface area (Å²) < 4.78 is 11.0. The van der Waals surface area contributed by atoms with Gasteiger partial charge in [-0.05, 0) is 25.0 Å². The zero-order chi connectivity index (χ0) is 10.7. The highest BCUT2D eigenvalue weighted by Gasteiger charge is 2.15. The molecule has 0 spiro atoms. The van der Waals surface area contributed by atoms with E-state index in [9.17, 15) is 0 Å². The SMILES string of the molecule is Nc1ccc(OCC2CCCO2)cc1N. The molecule has 0 radical (unpaired) electrons. The Labute approximate surface area is 89.2 Å². The molecule has 1 aromatic carbocycles. The van der Waals surface area contributed by atoms with E-state index < -0.39 is 0 Å². The van der Waals surface area contributed by atoms with Crippen molar-refractivity contribution in [2.45, 2.75) is 18.9 Å². The van der Waals surface area contributed by atoms with Gasteiger partial charge in [0.1, 0.15) is 12.4 Å². The Kier molecular flexibility index (Phi) is 2.97. The second kappa shape index (κ2) is 4.40. The molecule has 4 N–H and O–H groups in total. The van der Waals surface area contributed by atoms with Crippen LogP contribution in [0.15, 0.2) is 18.2 Å². The third-order valence-electron chi connectivity index (χ3n) is 2.52. The molecule has 1 heterocycles. The van der Waals surface area contributed by atoms with E-state index in [2.05, 4.69) is 0 Å². The number of nitrogens with two attached hydrogens (primary N) is 2. The van der Waals surface area contributed by atoms with Gasteiger partial charge in [-0.25, -0.2) is 0 Å². The first-order valence-corrected chi connectivity index (χ1v) is 5.15. The van der Waals surface area contributed by atoms with Crippen LogP contribution in [0.3, 0.4) is 0 Å². The van der Waals surface area contributed by atoms with Crippen molar-refractivity contribution < 1.29 is 9.47 Å². The van der Waals surface area contributed by atoms with Crippen LogP contribution in [0.5, 0.6) is 5.75 Å². The molecule has 1 aliphatic heterocycles. The fourth-order valence-corrected chi connectivity index (χ4v) is 1.61. The highest BCUT2D eigenvalue weighted by Crippen LogP contribution is 2.22. The predicted molar refractivity (Wildman–Crippen MR) is 59.7 cm³/mol. The maximum Gasteiger partial charge on any atom is 0.121 e. The first-order valence-electron chi connectivity index (χ1n) is 5.15. The van der Waals surface area contributed by atoms with Gasteiger partial charge in [-0.3, -0.25) is 0 Å².